The molecule has 0 radical (unpaired) electrons. The molecule has 0 aliphatic rings. The van der Waals surface area contributed by atoms with E-state index >= 15 is 0 Å². The highest BCUT2D eigenvalue weighted by Gasteiger charge is 2.11. The van der Waals surface area contributed by atoms with Crippen molar-refractivity contribution < 1.29 is 9.53 Å². The fraction of sp³-hybridized carbons (Fsp3) is 0.944. The largest absolute Gasteiger partial charge is 0.466 e. The SMILES string of the molecule is CC(C)(C)CCCCCOC(=O)CCCCC(C)(C)C. The summed E-state index contributed by atoms with van der Waals surface area (Å²) in [5.41, 5.74) is 0.792. The summed E-state index contributed by atoms with van der Waals surface area (Å²) < 4.78 is 5.27. The van der Waals surface area contributed by atoms with Crippen LogP contribution in [0.15, 0.2) is 0 Å². The fourth-order valence-electron chi connectivity index (χ4n) is 2.12. The van der Waals surface area contributed by atoms with Gasteiger partial charge < -0.3 is 4.74 Å². The van der Waals surface area contributed by atoms with E-state index in [0.717, 1.165) is 25.7 Å². The van der Waals surface area contributed by atoms with Gasteiger partial charge in [0.2, 0.25) is 0 Å². The molecule has 0 heterocycles. The molecule has 20 heavy (non-hydrogen) atoms. The summed E-state index contributed by atoms with van der Waals surface area (Å²) >= 11 is 0. The van der Waals surface area contributed by atoms with E-state index in [1.165, 1.54) is 19.3 Å². The van der Waals surface area contributed by atoms with Gasteiger partial charge in [0.1, 0.15) is 0 Å². The molecule has 0 N–H and O–H groups in total. The number of carbonyl (C=O) groups excluding carboxylic acids is 1. The summed E-state index contributed by atoms with van der Waals surface area (Å²) in [6.45, 7) is 14.1. The summed E-state index contributed by atoms with van der Waals surface area (Å²) in [6.07, 6.45) is 8.47. The number of ether oxygens (including phenoxy) is 1. The van der Waals surface area contributed by atoms with Crippen molar-refractivity contribution in [2.45, 2.75) is 92.9 Å². The van der Waals surface area contributed by atoms with Crippen LogP contribution in [0.2, 0.25) is 0 Å². The Bertz CT molecular complexity index is 256. The lowest BCUT2D eigenvalue weighted by atomic mass is 9.89. The Morgan fingerprint density at radius 3 is 1.75 bits per heavy atom. The van der Waals surface area contributed by atoms with Crippen LogP contribution in [0.3, 0.4) is 0 Å². The molecule has 0 saturated carbocycles. The van der Waals surface area contributed by atoms with Crippen LogP contribution in [-0.2, 0) is 9.53 Å². The van der Waals surface area contributed by atoms with Crippen molar-refractivity contribution in [1.29, 1.82) is 0 Å². The first kappa shape index (κ1) is 19.5. The number of rotatable bonds is 9. The smallest absolute Gasteiger partial charge is 0.305 e. The standard InChI is InChI=1S/C18H36O2/c1-17(2,3)13-9-7-11-15-20-16(19)12-8-10-14-18(4,5)6/h7-15H2,1-6H3. The van der Waals surface area contributed by atoms with E-state index in [0.29, 0.717) is 23.9 Å². The zero-order valence-corrected chi connectivity index (χ0v) is 14.7. The summed E-state index contributed by atoms with van der Waals surface area (Å²) in [5, 5.41) is 0. The molecule has 0 atom stereocenters. The van der Waals surface area contributed by atoms with Crippen LogP contribution >= 0.6 is 0 Å². The molecular weight excluding hydrogens is 248 g/mol. The molecule has 0 spiro atoms. The molecule has 0 saturated heterocycles. The van der Waals surface area contributed by atoms with Gasteiger partial charge in [-0.15, -0.1) is 0 Å². The first-order valence-electron chi connectivity index (χ1n) is 8.26. The molecule has 0 aromatic heterocycles. The van der Waals surface area contributed by atoms with Crippen molar-refractivity contribution in [3.63, 3.8) is 0 Å². The minimum absolute atomic E-state index is 0.0188. The Morgan fingerprint density at radius 2 is 1.25 bits per heavy atom. The molecule has 2 nitrogen and oxygen atoms in total. The van der Waals surface area contributed by atoms with Gasteiger partial charge in [0.05, 0.1) is 6.61 Å². The van der Waals surface area contributed by atoms with E-state index in [4.69, 9.17) is 4.74 Å². The maximum absolute atomic E-state index is 11.5. The average molecular weight is 284 g/mol. The van der Waals surface area contributed by atoms with Crippen molar-refractivity contribution >= 4 is 5.97 Å². The molecule has 0 aliphatic carbocycles. The first-order valence-corrected chi connectivity index (χ1v) is 8.26. The molecule has 2 heteroatoms. The Hall–Kier alpha value is -0.530. The van der Waals surface area contributed by atoms with Gasteiger partial charge in [-0.1, -0.05) is 60.8 Å². The minimum atomic E-state index is -0.0188. The Kier molecular flexibility index (Phi) is 9.16. The van der Waals surface area contributed by atoms with E-state index in [9.17, 15) is 4.79 Å². The van der Waals surface area contributed by atoms with Gasteiger partial charge in [-0.3, -0.25) is 4.79 Å². The topological polar surface area (TPSA) is 26.3 Å². The molecule has 0 aliphatic heterocycles. The van der Waals surface area contributed by atoms with Crippen molar-refractivity contribution in [1.82, 2.24) is 0 Å². The summed E-state index contributed by atoms with van der Waals surface area (Å²) in [7, 11) is 0. The molecule has 0 aromatic carbocycles. The van der Waals surface area contributed by atoms with Crippen LogP contribution in [0, 0.1) is 10.8 Å². The van der Waals surface area contributed by atoms with Crippen molar-refractivity contribution in [3.05, 3.63) is 0 Å². The van der Waals surface area contributed by atoms with Crippen molar-refractivity contribution in [2.24, 2.45) is 10.8 Å². The zero-order chi connectivity index (χ0) is 15.6. The molecule has 0 bridgehead atoms. The van der Waals surface area contributed by atoms with Gasteiger partial charge >= 0.3 is 5.97 Å². The second-order valence-corrected chi connectivity index (χ2v) is 8.36. The Morgan fingerprint density at radius 1 is 0.750 bits per heavy atom. The lowest BCUT2D eigenvalue weighted by Gasteiger charge is -2.17. The highest BCUT2D eigenvalue weighted by atomic mass is 16.5. The second-order valence-electron chi connectivity index (χ2n) is 8.36. The van der Waals surface area contributed by atoms with Gasteiger partial charge in [0.25, 0.3) is 0 Å². The van der Waals surface area contributed by atoms with E-state index in [1.807, 2.05) is 0 Å². The van der Waals surface area contributed by atoms with Crippen LogP contribution in [0.1, 0.15) is 92.9 Å². The van der Waals surface area contributed by atoms with Crippen LogP contribution < -0.4 is 0 Å². The molecule has 0 fully saturated rings. The highest BCUT2D eigenvalue weighted by molar-refractivity contribution is 5.69. The number of carbonyl (C=O) groups is 1. The van der Waals surface area contributed by atoms with Gasteiger partial charge in [0, 0.05) is 6.42 Å². The average Bonchev–Trinajstić information content (AvgIpc) is 2.26. The van der Waals surface area contributed by atoms with Crippen LogP contribution in [0.25, 0.3) is 0 Å². The number of esters is 1. The van der Waals surface area contributed by atoms with Gasteiger partial charge in [-0.05, 0) is 36.5 Å². The minimum Gasteiger partial charge on any atom is -0.466 e. The lowest BCUT2D eigenvalue weighted by Crippen LogP contribution is -2.08. The summed E-state index contributed by atoms with van der Waals surface area (Å²) in [5.74, 6) is -0.0188. The molecular formula is C18H36O2. The number of hydrogen-bond acceptors (Lipinski definition) is 2. The van der Waals surface area contributed by atoms with Gasteiger partial charge in [-0.25, -0.2) is 0 Å². The quantitative estimate of drug-likeness (QED) is 0.398. The summed E-state index contributed by atoms with van der Waals surface area (Å²) in [6, 6.07) is 0. The maximum Gasteiger partial charge on any atom is 0.305 e. The molecule has 0 rings (SSSR count). The lowest BCUT2D eigenvalue weighted by molar-refractivity contribution is -0.143. The Balaban J connectivity index is 3.37. The molecule has 0 amide bonds. The predicted molar refractivity (Wildman–Crippen MR) is 86.8 cm³/mol. The van der Waals surface area contributed by atoms with Crippen molar-refractivity contribution in [2.75, 3.05) is 6.61 Å². The van der Waals surface area contributed by atoms with Crippen LogP contribution in [0.4, 0.5) is 0 Å². The second kappa shape index (κ2) is 9.41. The van der Waals surface area contributed by atoms with E-state index in [1.54, 1.807) is 0 Å². The normalized spacial score (nSPS) is 12.5. The van der Waals surface area contributed by atoms with Crippen molar-refractivity contribution in [3.8, 4) is 0 Å². The number of unbranched alkanes of at least 4 members (excludes halogenated alkanes) is 3. The third-order valence-corrected chi connectivity index (χ3v) is 3.39. The predicted octanol–water partition coefficient (Wildman–Crippen LogP) is 5.74. The van der Waals surface area contributed by atoms with Gasteiger partial charge in [0.15, 0.2) is 0 Å². The molecule has 120 valence electrons. The van der Waals surface area contributed by atoms with E-state index in [2.05, 4.69) is 41.5 Å². The fourth-order valence-corrected chi connectivity index (χ4v) is 2.12. The molecule has 0 unspecified atom stereocenters. The third kappa shape index (κ3) is 15.5. The first-order chi connectivity index (χ1) is 9.10. The highest BCUT2D eigenvalue weighted by Crippen LogP contribution is 2.23. The Labute approximate surface area is 126 Å². The third-order valence-electron chi connectivity index (χ3n) is 3.39. The van der Waals surface area contributed by atoms with Gasteiger partial charge in [-0.2, -0.15) is 0 Å². The van der Waals surface area contributed by atoms with E-state index < -0.39 is 0 Å². The maximum atomic E-state index is 11.5. The molecule has 0 aromatic rings. The zero-order valence-electron chi connectivity index (χ0n) is 14.7. The summed E-state index contributed by atoms with van der Waals surface area (Å²) in [4.78, 5) is 11.5. The number of hydrogen-bond donors (Lipinski definition) is 0. The van der Waals surface area contributed by atoms with Crippen LogP contribution in [-0.4, -0.2) is 12.6 Å². The van der Waals surface area contributed by atoms with E-state index in [-0.39, 0.29) is 5.97 Å². The monoisotopic (exact) mass is 284 g/mol. The van der Waals surface area contributed by atoms with Crippen LogP contribution in [0.5, 0.6) is 0 Å².